The van der Waals surface area contributed by atoms with Crippen molar-refractivity contribution in [3.8, 4) is 0 Å². The number of aliphatic hydroxyl groups excluding tert-OH is 1. The Morgan fingerprint density at radius 1 is 1.69 bits per heavy atom. The molecule has 1 aromatic heterocycles. The Balaban J connectivity index is 2.68. The molecule has 0 aromatic carbocycles. The number of pyridine rings is 1. The molecule has 0 saturated carbocycles. The standard InChI is InChI=1S/C10H13NO2/c1-8(4-6-12)10(13)9-3-2-5-11-7-9/h2-3,5,7-8,12H,4,6H2,1H3. The first kappa shape index (κ1) is 9.86. The number of hydrogen-bond acceptors (Lipinski definition) is 3. The predicted octanol–water partition coefficient (Wildman–Crippen LogP) is 1.28. The topological polar surface area (TPSA) is 50.2 Å². The van der Waals surface area contributed by atoms with Gasteiger partial charge in [-0.25, -0.2) is 0 Å². The van der Waals surface area contributed by atoms with Crippen LogP contribution in [-0.4, -0.2) is 22.5 Å². The van der Waals surface area contributed by atoms with Crippen molar-refractivity contribution in [3.05, 3.63) is 30.1 Å². The average Bonchev–Trinajstić information content (AvgIpc) is 2.18. The molecule has 1 unspecified atom stereocenters. The minimum atomic E-state index is -0.130. The molecule has 0 spiro atoms. The number of hydrogen-bond donors (Lipinski definition) is 1. The Morgan fingerprint density at radius 2 is 2.46 bits per heavy atom. The number of aliphatic hydroxyl groups is 1. The van der Waals surface area contributed by atoms with Crippen LogP contribution in [0, 0.1) is 5.92 Å². The smallest absolute Gasteiger partial charge is 0.167 e. The first-order chi connectivity index (χ1) is 6.25. The van der Waals surface area contributed by atoms with Crippen LogP contribution in [0.4, 0.5) is 0 Å². The van der Waals surface area contributed by atoms with Gasteiger partial charge in [-0.1, -0.05) is 6.92 Å². The number of rotatable bonds is 4. The number of ketones is 1. The highest BCUT2D eigenvalue weighted by Gasteiger charge is 2.13. The SMILES string of the molecule is CC(CCO)C(=O)c1cccnc1. The summed E-state index contributed by atoms with van der Waals surface area (Å²) in [5, 5.41) is 8.66. The third-order valence-electron chi connectivity index (χ3n) is 1.96. The van der Waals surface area contributed by atoms with Crippen LogP contribution in [0.2, 0.25) is 0 Å². The van der Waals surface area contributed by atoms with E-state index in [0.717, 1.165) is 0 Å². The zero-order chi connectivity index (χ0) is 9.68. The van der Waals surface area contributed by atoms with Crippen molar-refractivity contribution >= 4 is 5.78 Å². The molecule has 0 aliphatic carbocycles. The molecule has 0 radical (unpaired) electrons. The van der Waals surface area contributed by atoms with Gasteiger partial charge in [0.15, 0.2) is 5.78 Å². The molecule has 1 atom stereocenters. The van der Waals surface area contributed by atoms with E-state index in [1.165, 1.54) is 0 Å². The van der Waals surface area contributed by atoms with Crippen LogP contribution in [0.1, 0.15) is 23.7 Å². The summed E-state index contributed by atoms with van der Waals surface area (Å²) in [7, 11) is 0. The third-order valence-corrected chi connectivity index (χ3v) is 1.96. The normalized spacial score (nSPS) is 12.5. The molecule has 0 aliphatic rings. The zero-order valence-electron chi connectivity index (χ0n) is 7.60. The molecular weight excluding hydrogens is 166 g/mol. The van der Waals surface area contributed by atoms with Gasteiger partial charge in [0.05, 0.1) is 0 Å². The molecule has 1 N–H and O–H groups in total. The molecule has 0 aliphatic heterocycles. The van der Waals surface area contributed by atoms with Gasteiger partial charge < -0.3 is 5.11 Å². The van der Waals surface area contributed by atoms with Crippen LogP contribution in [0.5, 0.6) is 0 Å². The second-order valence-corrected chi connectivity index (χ2v) is 3.02. The summed E-state index contributed by atoms with van der Waals surface area (Å²) in [6, 6.07) is 3.47. The fourth-order valence-corrected chi connectivity index (χ4v) is 1.12. The van der Waals surface area contributed by atoms with E-state index >= 15 is 0 Å². The molecule has 0 saturated heterocycles. The van der Waals surface area contributed by atoms with Gasteiger partial charge in [0.2, 0.25) is 0 Å². The Labute approximate surface area is 77.4 Å². The number of aromatic nitrogens is 1. The maximum absolute atomic E-state index is 11.6. The Bertz CT molecular complexity index is 272. The van der Waals surface area contributed by atoms with E-state index in [1.54, 1.807) is 24.5 Å². The zero-order valence-corrected chi connectivity index (χ0v) is 7.60. The van der Waals surface area contributed by atoms with E-state index in [2.05, 4.69) is 4.98 Å². The molecule has 1 rings (SSSR count). The van der Waals surface area contributed by atoms with E-state index in [4.69, 9.17) is 5.11 Å². The number of carbonyl (C=O) groups is 1. The van der Waals surface area contributed by atoms with E-state index in [-0.39, 0.29) is 18.3 Å². The molecule has 0 fully saturated rings. The van der Waals surface area contributed by atoms with Crippen LogP contribution in [0.25, 0.3) is 0 Å². The maximum Gasteiger partial charge on any atom is 0.167 e. The van der Waals surface area contributed by atoms with Crippen LogP contribution in [0.15, 0.2) is 24.5 Å². The third kappa shape index (κ3) is 2.63. The summed E-state index contributed by atoms with van der Waals surface area (Å²) < 4.78 is 0. The van der Waals surface area contributed by atoms with Crippen LogP contribution >= 0.6 is 0 Å². The second-order valence-electron chi connectivity index (χ2n) is 3.02. The minimum absolute atomic E-state index is 0.0437. The van der Waals surface area contributed by atoms with Gasteiger partial charge in [-0.15, -0.1) is 0 Å². The van der Waals surface area contributed by atoms with Gasteiger partial charge in [-0.3, -0.25) is 9.78 Å². The lowest BCUT2D eigenvalue weighted by Gasteiger charge is -2.07. The van der Waals surface area contributed by atoms with Crippen LogP contribution in [-0.2, 0) is 0 Å². The number of carbonyl (C=O) groups excluding carboxylic acids is 1. The van der Waals surface area contributed by atoms with Gasteiger partial charge in [0.1, 0.15) is 0 Å². The van der Waals surface area contributed by atoms with Gasteiger partial charge in [0.25, 0.3) is 0 Å². The molecule has 70 valence electrons. The predicted molar refractivity (Wildman–Crippen MR) is 49.4 cm³/mol. The average molecular weight is 179 g/mol. The van der Waals surface area contributed by atoms with E-state index in [9.17, 15) is 4.79 Å². The fraction of sp³-hybridized carbons (Fsp3) is 0.400. The van der Waals surface area contributed by atoms with Crippen LogP contribution in [0.3, 0.4) is 0 Å². The molecule has 1 heterocycles. The molecule has 1 aromatic rings. The van der Waals surface area contributed by atoms with E-state index in [1.807, 2.05) is 6.92 Å². The largest absolute Gasteiger partial charge is 0.396 e. The highest BCUT2D eigenvalue weighted by molar-refractivity contribution is 5.97. The summed E-state index contributed by atoms with van der Waals surface area (Å²) in [5.74, 6) is -0.0867. The van der Waals surface area contributed by atoms with E-state index in [0.29, 0.717) is 12.0 Å². The summed E-state index contributed by atoms with van der Waals surface area (Å²) in [6.07, 6.45) is 3.69. The molecule has 13 heavy (non-hydrogen) atoms. The van der Waals surface area contributed by atoms with Crippen molar-refractivity contribution < 1.29 is 9.90 Å². The molecule has 0 bridgehead atoms. The fourth-order valence-electron chi connectivity index (χ4n) is 1.12. The summed E-state index contributed by atoms with van der Waals surface area (Å²) in [5.41, 5.74) is 0.614. The monoisotopic (exact) mass is 179 g/mol. The molecule has 3 heteroatoms. The Morgan fingerprint density at radius 3 is 3.00 bits per heavy atom. The lowest BCUT2D eigenvalue weighted by Crippen LogP contribution is -2.12. The highest BCUT2D eigenvalue weighted by atomic mass is 16.3. The van der Waals surface area contributed by atoms with Crippen molar-refractivity contribution in [2.45, 2.75) is 13.3 Å². The summed E-state index contributed by atoms with van der Waals surface area (Å²) in [4.78, 5) is 15.4. The summed E-state index contributed by atoms with van der Waals surface area (Å²) in [6.45, 7) is 1.86. The quantitative estimate of drug-likeness (QED) is 0.708. The van der Waals surface area contributed by atoms with Crippen molar-refractivity contribution in [1.29, 1.82) is 0 Å². The van der Waals surface area contributed by atoms with Crippen molar-refractivity contribution in [2.75, 3.05) is 6.61 Å². The van der Waals surface area contributed by atoms with Crippen molar-refractivity contribution in [3.63, 3.8) is 0 Å². The van der Waals surface area contributed by atoms with E-state index < -0.39 is 0 Å². The first-order valence-corrected chi connectivity index (χ1v) is 4.31. The van der Waals surface area contributed by atoms with Crippen LogP contribution < -0.4 is 0 Å². The van der Waals surface area contributed by atoms with Crippen molar-refractivity contribution in [2.24, 2.45) is 5.92 Å². The lowest BCUT2D eigenvalue weighted by atomic mass is 9.98. The second kappa shape index (κ2) is 4.72. The van der Waals surface area contributed by atoms with Gasteiger partial charge in [0, 0.05) is 30.5 Å². The molecule has 0 amide bonds. The Kier molecular flexibility index (Phi) is 3.58. The van der Waals surface area contributed by atoms with Gasteiger partial charge >= 0.3 is 0 Å². The Hall–Kier alpha value is -1.22. The number of Topliss-reactive ketones (excluding diaryl/α,β-unsaturated/α-hetero) is 1. The van der Waals surface area contributed by atoms with Gasteiger partial charge in [-0.05, 0) is 18.6 Å². The van der Waals surface area contributed by atoms with Gasteiger partial charge in [-0.2, -0.15) is 0 Å². The van der Waals surface area contributed by atoms with Crippen molar-refractivity contribution in [1.82, 2.24) is 4.98 Å². The number of nitrogens with zero attached hydrogens (tertiary/aromatic N) is 1. The molecule has 3 nitrogen and oxygen atoms in total. The lowest BCUT2D eigenvalue weighted by molar-refractivity contribution is 0.0907. The molecular formula is C10H13NO2. The maximum atomic E-state index is 11.6. The first-order valence-electron chi connectivity index (χ1n) is 4.31. The highest BCUT2D eigenvalue weighted by Crippen LogP contribution is 2.10. The summed E-state index contributed by atoms with van der Waals surface area (Å²) >= 11 is 0. The minimum Gasteiger partial charge on any atom is -0.396 e.